The summed E-state index contributed by atoms with van der Waals surface area (Å²) in [4.78, 5) is 6.65. The van der Waals surface area contributed by atoms with Crippen molar-refractivity contribution in [2.24, 2.45) is 0 Å². The molecule has 0 bridgehead atoms. The summed E-state index contributed by atoms with van der Waals surface area (Å²) in [5, 5.41) is 3.58. The van der Waals surface area contributed by atoms with Gasteiger partial charge >= 0.3 is 0 Å². The lowest BCUT2D eigenvalue weighted by atomic mass is 10.3. The van der Waals surface area contributed by atoms with Gasteiger partial charge in [0, 0.05) is 39.3 Å². The summed E-state index contributed by atoms with van der Waals surface area (Å²) in [6.07, 6.45) is 0. The molecule has 6 heteroatoms. The monoisotopic (exact) mass is 380 g/mol. The maximum absolute atomic E-state index is 6.07. The minimum absolute atomic E-state index is 0.671. The highest BCUT2D eigenvalue weighted by molar-refractivity contribution is 14.2. The molecule has 1 saturated heterocycles. The Morgan fingerprint density at radius 2 is 2.18 bits per heavy atom. The average Bonchev–Trinajstić information content (AvgIpc) is 2.37. The molecule has 0 spiro atoms. The second-order valence-corrected chi connectivity index (χ2v) is 5.55. The summed E-state index contributed by atoms with van der Waals surface area (Å²) in [7, 11) is 1.44. The molecule has 3 nitrogen and oxygen atoms in total. The standard InChI is InChI=1S/C11H10ClIN2OS/c12-9-7-10(1-6-17-13)14-11(8-9)15-2-4-16-5-3-15/h7-8H,2-5H2. The number of halogens is 2. The number of hydrogen-bond donors (Lipinski definition) is 0. The lowest BCUT2D eigenvalue weighted by molar-refractivity contribution is 0.122. The Labute approximate surface area is 122 Å². The Balaban J connectivity index is 2.24. The first-order valence-electron chi connectivity index (χ1n) is 5.08. The number of anilines is 1. The minimum atomic E-state index is 0.671. The predicted molar refractivity (Wildman–Crippen MR) is 80.8 cm³/mol. The van der Waals surface area contributed by atoms with Crippen LogP contribution >= 0.6 is 41.7 Å². The molecule has 0 aliphatic carbocycles. The van der Waals surface area contributed by atoms with E-state index in [4.69, 9.17) is 16.3 Å². The van der Waals surface area contributed by atoms with Crippen molar-refractivity contribution < 1.29 is 4.74 Å². The normalized spacial score (nSPS) is 15.3. The largest absolute Gasteiger partial charge is 0.378 e. The number of ether oxygens (including phenoxy) is 1. The number of pyridine rings is 1. The molecule has 0 aromatic carbocycles. The first-order valence-corrected chi connectivity index (χ1v) is 8.82. The molecule has 2 rings (SSSR count). The van der Waals surface area contributed by atoms with Gasteiger partial charge in [0.05, 0.1) is 13.2 Å². The van der Waals surface area contributed by atoms with Gasteiger partial charge in [-0.25, -0.2) is 4.98 Å². The van der Waals surface area contributed by atoms with Crippen LogP contribution in [0.4, 0.5) is 5.82 Å². The number of aromatic nitrogens is 1. The van der Waals surface area contributed by atoms with E-state index < -0.39 is 0 Å². The molecular formula is C11H10ClIN2OS. The molecule has 90 valence electrons. The smallest absolute Gasteiger partial charge is 0.131 e. The third-order valence-electron chi connectivity index (χ3n) is 2.33. The van der Waals surface area contributed by atoms with Crippen LogP contribution in [0, 0.1) is 11.2 Å². The summed E-state index contributed by atoms with van der Waals surface area (Å²) < 4.78 is 5.31. The van der Waals surface area contributed by atoms with Gasteiger partial charge in [-0.3, -0.25) is 0 Å². The van der Waals surface area contributed by atoms with Gasteiger partial charge in [0.2, 0.25) is 0 Å². The van der Waals surface area contributed by atoms with E-state index in [9.17, 15) is 0 Å². The maximum atomic E-state index is 6.07. The molecule has 1 fully saturated rings. The van der Waals surface area contributed by atoms with Gasteiger partial charge in [0.15, 0.2) is 0 Å². The van der Waals surface area contributed by atoms with Gasteiger partial charge in [0.25, 0.3) is 0 Å². The van der Waals surface area contributed by atoms with Gasteiger partial charge in [-0.05, 0) is 32.2 Å². The summed E-state index contributed by atoms with van der Waals surface area (Å²) >= 11 is 8.20. The van der Waals surface area contributed by atoms with Crippen LogP contribution in [0.25, 0.3) is 0 Å². The van der Waals surface area contributed by atoms with E-state index >= 15 is 0 Å². The van der Waals surface area contributed by atoms with Crippen LogP contribution in [0.3, 0.4) is 0 Å². The lowest BCUT2D eigenvalue weighted by Crippen LogP contribution is -2.36. The molecule has 0 amide bonds. The molecule has 1 aromatic heterocycles. The molecular weight excluding hydrogens is 371 g/mol. The van der Waals surface area contributed by atoms with Crippen LogP contribution in [0.1, 0.15) is 5.69 Å². The highest BCUT2D eigenvalue weighted by Gasteiger charge is 2.13. The quantitative estimate of drug-likeness (QED) is 0.552. The minimum Gasteiger partial charge on any atom is -0.378 e. The maximum Gasteiger partial charge on any atom is 0.131 e. The Bertz CT molecular complexity index is 455. The fraction of sp³-hybridized carbons (Fsp3) is 0.364. The molecule has 0 unspecified atom stereocenters. The molecule has 0 radical (unpaired) electrons. The fourth-order valence-electron chi connectivity index (χ4n) is 1.57. The number of nitrogens with zero attached hydrogens (tertiary/aromatic N) is 2. The fourth-order valence-corrected chi connectivity index (χ4v) is 2.25. The van der Waals surface area contributed by atoms with Gasteiger partial charge in [0.1, 0.15) is 11.5 Å². The number of hydrogen-bond acceptors (Lipinski definition) is 4. The van der Waals surface area contributed by atoms with Crippen LogP contribution in [0.5, 0.6) is 0 Å². The van der Waals surface area contributed by atoms with E-state index in [-0.39, 0.29) is 0 Å². The zero-order valence-electron chi connectivity index (χ0n) is 8.95. The lowest BCUT2D eigenvalue weighted by Gasteiger charge is -2.27. The van der Waals surface area contributed by atoms with Gasteiger partial charge < -0.3 is 9.64 Å². The van der Waals surface area contributed by atoms with E-state index in [0.717, 1.165) is 32.1 Å². The van der Waals surface area contributed by atoms with Crippen molar-refractivity contribution in [3.8, 4) is 11.2 Å². The molecule has 0 atom stereocenters. The Kier molecular flexibility index (Phi) is 5.22. The molecule has 0 N–H and O–H groups in total. The zero-order chi connectivity index (χ0) is 12.1. The summed E-state index contributed by atoms with van der Waals surface area (Å²) in [6.45, 7) is 3.17. The number of morpholine rings is 1. The summed E-state index contributed by atoms with van der Waals surface area (Å²) in [6, 6.07) is 3.65. The van der Waals surface area contributed by atoms with E-state index in [0.29, 0.717) is 10.7 Å². The highest BCUT2D eigenvalue weighted by atomic mass is 127. The predicted octanol–water partition coefficient (Wildman–Crippen LogP) is 2.96. The Morgan fingerprint density at radius 3 is 2.88 bits per heavy atom. The van der Waals surface area contributed by atoms with E-state index in [1.807, 2.05) is 6.07 Å². The average molecular weight is 381 g/mol. The van der Waals surface area contributed by atoms with Gasteiger partial charge in [-0.2, -0.15) is 0 Å². The highest BCUT2D eigenvalue weighted by Crippen LogP contribution is 2.20. The Hall–Kier alpha value is -0.160. The topological polar surface area (TPSA) is 25.4 Å². The van der Waals surface area contributed by atoms with Crippen molar-refractivity contribution in [2.45, 2.75) is 0 Å². The van der Waals surface area contributed by atoms with E-state index in [1.165, 1.54) is 8.93 Å². The molecule has 2 heterocycles. The molecule has 1 aromatic rings. The van der Waals surface area contributed by atoms with E-state index in [1.54, 1.807) is 6.07 Å². The van der Waals surface area contributed by atoms with Gasteiger partial charge in [-0.1, -0.05) is 11.6 Å². The van der Waals surface area contributed by atoms with Crippen LogP contribution in [-0.4, -0.2) is 31.3 Å². The summed E-state index contributed by atoms with van der Waals surface area (Å²) in [5.74, 6) is 3.84. The van der Waals surface area contributed by atoms with Crippen molar-refractivity contribution in [2.75, 3.05) is 31.2 Å². The third-order valence-corrected chi connectivity index (χ3v) is 3.39. The van der Waals surface area contributed by atoms with Crippen molar-refractivity contribution in [1.82, 2.24) is 4.98 Å². The van der Waals surface area contributed by atoms with Crippen LogP contribution in [-0.2, 0) is 4.74 Å². The molecule has 1 aliphatic rings. The SMILES string of the molecule is Clc1cc(C#CSI)nc(N2CCOCC2)c1. The van der Waals surface area contributed by atoms with Crippen LogP contribution in [0.2, 0.25) is 5.02 Å². The molecule has 1 aliphatic heterocycles. The third kappa shape index (κ3) is 3.91. The molecule has 17 heavy (non-hydrogen) atoms. The van der Waals surface area contributed by atoms with Crippen molar-refractivity contribution in [1.29, 1.82) is 0 Å². The summed E-state index contributed by atoms with van der Waals surface area (Å²) in [5.41, 5.74) is 0.711. The Morgan fingerprint density at radius 1 is 1.41 bits per heavy atom. The second kappa shape index (κ2) is 6.69. The van der Waals surface area contributed by atoms with E-state index in [2.05, 4.69) is 42.3 Å². The van der Waals surface area contributed by atoms with Gasteiger partial charge in [-0.15, -0.1) is 0 Å². The zero-order valence-corrected chi connectivity index (χ0v) is 12.7. The second-order valence-electron chi connectivity index (χ2n) is 3.43. The van der Waals surface area contributed by atoms with Crippen molar-refractivity contribution in [3.63, 3.8) is 0 Å². The van der Waals surface area contributed by atoms with Crippen LogP contribution in [0.15, 0.2) is 12.1 Å². The first-order chi connectivity index (χ1) is 8.29. The van der Waals surface area contributed by atoms with Crippen molar-refractivity contribution in [3.05, 3.63) is 22.8 Å². The first kappa shape index (κ1) is 13.3. The van der Waals surface area contributed by atoms with Crippen LogP contribution < -0.4 is 4.90 Å². The van der Waals surface area contributed by atoms with Crippen molar-refractivity contribution >= 4 is 47.6 Å². The number of rotatable bonds is 1. The molecule has 0 saturated carbocycles.